The lowest BCUT2D eigenvalue weighted by Crippen LogP contribution is -2.23. The molecule has 0 N–H and O–H groups in total. The van der Waals surface area contributed by atoms with Crippen LogP contribution in [0.5, 0.6) is 0 Å². The van der Waals surface area contributed by atoms with Crippen LogP contribution in [0, 0.1) is 11.6 Å². The Labute approximate surface area is 119 Å². The Hall–Kier alpha value is -1.82. The van der Waals surface area contributed by atoms with Crippen LogP contribution in [0.4, 0.5) is 8.78 Å². The first-order valence-corrected chi connectivity index (χ1v) is 6.69. The maximum Gasteiger partial charge on any atom is 0.350 e. The molecule has 0 radical (unpaired) electrons. The highest BCUT2D eigenvalue weighted by Crippen LogP contribution is 2.26. The number of halogens is 2. The molecule has 0 bridgehead atoms. The average molecular weight is 297 g/mol. The quantitative estimate of drug-likeness (QED) is 0.785. The molecule has 0 unspecified atom stereocenters. The van der Waals surface area contributed by atoms with Gasteiger partial charge in [0, 0.05) is 11.6 Å². The van der Waals surface area contributed by atoms with Gasteiger partial charge in [-0.2, -0.15) is 4.37 Å². The highest BCUT2D eigenvalue weighted by atomic mass is 32.1. The van der Waals surface area contributed by atoms with Crippen molar-refractivity contribution in [2.45, 2.75) is 26.4 Å². The van der Waals surface area contributed by atoms with Gasteiger partial charge in [0.1, 0.15) is 22.1 Å². The zero-order valence-corrected chi connectivity index (χ0v) is 12.1. The molecule has 20 heavy (non-hydrogen) atoms. The molecule has 0 amide bonds. The van der Waals surface area contributed by atoms with Crippen LogP contribution < -0.4 is 0 Å². The molecule has 0 spiro atoms. The number of rotatable bonds is 2. The molecule has 3 nitrogen and oxygen atoms in total. The van der Waals surface area contributed by atoms with E-state index in [1.165, 1.54) is 12.1 Å². The maximum absolute atomic E-state index is 13.6. The summed E-state index contributed by atoms with van der Waals surface area (Å²) >= 11 is 0.921. The lowest BCUT2D eigenvalue weighted by atomic mass is 10.1. The molecule has 2 aromatic rings. The van der Waals surface area contributed by atoms with Gasteiger partial charge in [-0.25, -0.2) is 13.6 Å². The van der Waals surface area contributed by atoms with Gasteiger partial charge in [-0.3, -0.25) is 0 Å². The van der Waals surface area contributed by atoms with E-state index in [2.05, 4.69) is 4.37 Å². The van der Waals surface area contributed by atoms with Gasteiger partial charge >= 0.3 is 5.97 Å². The van der Waals surface area contributed by atoms with Crippen molar-refractivity contribution in [1.82, 2.24) is 4.37 Å². The molecule has 0 saturated heterocycles. The summed E-state index contributed by atoms with van der Waals surface area (Å²) in [7, 11) is 0. The number of benzene rings is 1. The molecule has 0 saturated carbocycles. The summed E-state index contributed by atoms with van der Waals surface area (Å²) in [6, 6.07) is 4.65. The predicted molar refractivity (Wildman–Crippen MR) is 72.6 cm³/mol. The Kier molecular flexibility index (Phi) is 3.85. The number of esters is 1. The van der Waals surface area contributed by atoms with Crippen LogP contribution in [-0.2, 0) is 4.74 Å². The molecule has 2 rings (SSSR count). The van der Waals surface area contributed by atoms with Crippen molar-refractivity contribution in [3.63, 3.8) is 0 Å². The van der Waals surface area contributed by atoms with Crippen molar-refractivity contribution in [2.75, 3.05) is 0 Å². The van der Waals surface area contributed by atoms with Gasteiger partial charge in [-0.05, 0) is 50.5 Å². The molecule has 1 heterocycles. The normalized spacial score (nSPS) is 11.4. The fourth-order valence-corrected chi connectivity index (χ4v) is 2.15. The Morgan fingerprint density at radius 3 is 2.55 bits per heavy atom. The van der Waals surface area contributed by atoms with Crippen LogP contribution in [0.15, 0.2) is 24.3 Å². The summed E-state index contributed by atoms with van der Waals surface area (Å²) in [5, 5.41) is 0. The second-order valence-electron chi connectivity index (χ2n) is 5.20. The first kappa shape index (κ1) is 14.6. The molecule has 0 aliphatic carbocycles. The summed E-state index contributed by atoms with van der Waals surface area (Å²) in [5.41, 5.74) is -0.173. The van der Waals surface area contributed by atoms with Crippen LogP contribution in [0.25, 0.3) is 11.3 Å². The molecule has 1 aromatic heterocycles. The summed E-state index contributed by atoms with van der Waals surface area (Å²) in [6.07, 6.45) is 0. The molecule has 0 fully saturated rings. The largest absolute Gasteiger partial charge is 0.456 e. The van der Waals surface area contributed by atoms with E-state index in [4.69, 9.17) is 4.74 Å². The van der Waals surface area contributed by atoms with Gasteiger partial charge < -0.3 is 4.74 Å². The highest BCUT2D eigenvalue weighted by Gasteiger charge is 2.21. The number of aromatic nitrogens is 1. The highest BCUT2D eigenvalue weighted by molar-refractivity contribution is 7.08. The van der Waals surface area contributed by atoms with Gasteiger partial charge in [0.2, 0.25) is 0 Å². The number of hydrogen-bond acceptors (Lipinski definition) is 4. The molecule has 6 heteroatoms. The number of ether oxygens (including phenoxy) is 1. The molecule has 0 aliphatic rings. The smallest absolute Gasteiger partial charge is 0.350 e. The summed E-state index contributed by atoms with van der Waals surface area (Å²) in [6.45, 7) is 5.27. The third-order valence-corrected chi connectivity index (χ3v) is 3.09. The van der Waals surface area contributed by atoms with Crippen molar-refractivity contribution in [1.29, 1.82) is 0 Å². The van der Waals surface area contributed by atoms with E-state index in [0.29, 0.717) is 0 Å². The molecule has 0 atom stereocenters. The standard InChI is InChI=1S/C14H13F2NO2S/c1-14(2,3)19-13(18)12-7-11(17-20-12)9-5-4-8(15)6-10(9)16/h4-7H,1-3H3. The minimum absolute atomic E-state index is 0.150. The fourth-order valence-electron chi connectivity index (χ4n) is 1.52. The van der Waals surface area contributed by atoms with E-state index in [-0.39, 0.29) is 16.1 Å². The Morgan fingerprint density at radius 2 is 1.95 bits per heavy atom. The monoisotopic (exact) mass is 297 g/mol. The molecular weight excluding hydrogens is 284 g/mol. The third-order valence-electron chi connectivity index (χ3n) is 2.32. The fraction of sp³-hybridized carbons (Fsp3) is 0.286. The Bertz CT molecular complexity index is 647. The lowest BCUT2D eigenvalue weighted by molar-refractivity contribution is 0.00752. The van der Waals surface area contributed by atoms with Crippen molar-refractivity contribution < 1.29 is 18.3 Å². The van der Waals surface area contributed by atoms with Crippen molar-refractivity contribution in [3.8, 4) is 11.3 Å². The third kappa shape index (κ3) is 3.39. The molecule has 0 aliphatic heterocycles. The van der Waals surface area contributed by atoms with Gasteiger partial charge in [-0.1, -0.05) is 0 Å². The number of carbonyl (C=O) groups is 1. The maximum atomic E-state index is 13.6. The average Bonchev–Trinajstić information content (AvgIpc) is 2.75. The molecule has 106 valence electrons. The van der Waals surface area contributed by atoms with Crippen molar-refractivity contribution in [2.24, 2.45) is 0 Å². The van der Waals surface area contributed by atoms with Gasteiger partial charge in [0.15, 0.2) is 0 Å². The number of carbonyl (C=O) groups excluding carboxylic acids is 1. The Morgan fingerprint density at radius 1 is 1.25 bits per heavy atom. The predicted octanol–water partition coefficient (Wildman–Crippen LogP) is 4.04. The molecule has 1 aromatic carbocycles. The zero-order chi connectivity index (χ0) is 14.9. The van der Waals surface area contributed by atoms with Crippen LogP contribution >= 0.6 is 11.5 Å². The number of hydrogen-bond donors (Lipinski definition) is 0. The van der Waals surface area contributed by atoms with Crippen LogP contribution in [-0.4, -0.2) is 15.9 Å². The van der Waals surface area contributed by atoms with Crippen LogP contribution in [0.1, 0.15) is 30.4 Å². The Balaban J connectivity index is 2.27. The van der Waals surface area contributed by atoms with Crippen molar-refractivity contribution >= 4 is 17.5 Å². The van der Waals surface area contributed by atoms with E-state index in [9.17, 15) is 13.6 Å². The second-order valence-corrected chi connectivity index (χ2v) is 6.01. The zero-order valence-electron chi connectivity index (χ0n) is 11.2. The van der Waals surface area contributed by atoms with E-state index in [0.717, 1.165) is 23.7 Å². The second kappa shape index (κ2) is 5.28. The SMILES string of the molecule is CC(C)(C)OC(=O)c1cc(-c2ccc(F)cc2F)ns1. The van der Waals surface area contributed by atoms with Gasteiger partial charge in [0.05, 0.1) is 5.69 Å². The minimum atomic E-state index is -0.717. The van der Waals surface area contributed by atoms with Crippen LogP contribution in [0.2, 0.25) is 0 Å². The van der Waals surface area contributed by atoms with E-state index >= 15 is 0 Å². The first-order chi connectivity index (χ1) is 9.26. The minimum Gasteiger partial charge on any atom is -0.456 e. The summed E-state index contributed by atoms with van der Waals surface area (Å²) < 4.78 is 35.7. The number of nitrogens with zero attached hydrogens (tertiary/aromatic N) is 1. The van der Waals surface area contributed by atoms with E-state index in [1.807, 2.05) is 0 Å². The first-order valence-electron chi connectivity index (χ1n) is 5.92. The summed E-state index contributed by atoms with van der Waals surface area (Å²) in [5.74, 6) is -1.89. The summed E-state index contributed by atoms with van der Waals surface area (Å²) in [4.78, 5) is 12.1. The van der Waals surface area contributed by atoms with Crippen LogP contribution in [0.3, 0.4) is 0 Å². The van der Waals surface area contributed by atoms with E-state index < -0.39 is 23.2 Å². The molecular formula is C14H13F2NO2S. The van der Waals surface area contributed by atoms with Gasteiger partial charge in [0.25, 0.3) is 0 Å². The topological polar surface area (TPSA) is 39.2 Å². The van der Waals surface area contributed by atoms with Gasteiger partial charge in [-0.15, -0.1) is 0 Å². The van der Waals surface area contributed by atoms with Crippen molar-refractivity contribution in [3.05, 3.63) is 40.8 Å². The van der Waals surface area contributed by atoms with E-state index in [1.54, 1.807) is 20.8 Å². The lowest BCUT2D eigenvalue weighted by Gasteiger charge is -2.18.